The summed E-state index contributed by atoms with van der Waals surface area (Å²) in [5.74, 6) is 0.362. The van der Waals surface area contributed by atoms with Gasteiger partial charge in [-0.1, -0.05) is 0 Å². The van der Waals surface area contributed by atoms with Gasteiger partial charge in [-0.25, -0.2) is 9.67 Å². The molecule has 2 N–H and O–H groups in total. The van der Waals surface area contributed by atoms with Gasteiger partial charge in [-0.15, -0.1) is 0 Å². The number of piperazine rings is 1. The summed E-state index contributed by atoms with van der Waals surface area (Å²) in [7, 11) is 0. The van der Waals surface area contributed by atoms with Crippen molar-refractivity contribution in [1.29, 1.82) is 0 Å². The lowest BCUT2D eigenvalue weighted by Crippen LogP contribution is -2.46. The van der Waals surface area contributed by atoms with E-state index in [1.165, 1.54) is 0 Å². The average Bonchev–Trinajstić information content (AvgIpc) is 3.21. The number of nitrogens with one attached hydrogen (secondary N) is 2. The van der Waals surface area contributed by atoms with E-state index in [4.69, 9.17) is 0 Å². The number of carbonyl (C=O) groups excluding carboxylic acids is 1. The molecule has 24 heavy (non-hydrogen) atoms. The number of carbonyl (C=O) groups is 1. The van der Waals surface area contributed by atoms with E-state index in [2.05, 4.69) is 20.4 Å². The Labute approximate surface area is 138 Å². The molecule has 3 heterocycles. The minimum atomic E-state index is -0.0996. The first-order valence-electron chi connectivity index (χ1n) is 8.32. The van der Waals surface area contributed by atoms with Crippen LogP contribution in [0.2, 0.25) is 0 Å². The SMILES string of the molecule is Cc1c(C(=O)N2CCNCC2)cnn1-c1nc2c(c(=O)[nH]1)CCC2. The zero-order valence-electron chi connectivity index (χ0n) is 13.6. The normalized spacial score (nSPS) is 17.1. The summed E-state index contributed by atoms with van der Waals surface area (Å²) in [6.45, 7) is 4.82. The van der Waals surface area contributed by atoms with E-state index in [1.807, 2.05) is 11.8 Å². The van der Waals surface area contributed by atoms with Gasteiger partial charge in [-0.3, -0.25) is 14.6 Å². The quantitative estimate of drug-likeness (QED) is 0.796. The molecule has 126 valence electrons. The van der Waals surface area contributed by atoms with Crippen LogP contribution in [0.1, 0.15) is 33.7 Å². The summed E-state index contributed by atoms with van der Waals surface area (Å²) >= 11 is 0. The Hall–Kier alpha value is -2.48. The topological polar surface area (TPSA) is 95.9 Å². The summed E-state index contributed by atoms with van der Waals surface area (Å²) in [5.41, 5.74) is 2.77. The second-order valence-electron chi connectivity index (χ2n) is 6.27. The van der Waals surface area contributed by atoms with Crippen molar-refractivity contribution >= 4 is 5.91 Å². The summed E-state index contributed by atoms with van der Waals surface area (Å²) < 4.78 is 1.55. The van der Waals surface area contributed by atoms with Crippen LogP contribution >= 0.6 is 0 Å². The highest BCUT2D eigenvalue weighted by atomic mass is 16.2. The van der Waals surface area contributed by atoms with Crippen LogP contribution < -0.4 is 10.9 Å². The van der Waals surface area contributed by atoms with Gasteiger partial charge in [0.15, 0.2) is 0 Å². The maximum absolute atomic E-state index is 12.7. The molecule has 0 spiro atoms. The molecule has 0 radical (unpaired) electrons. The third-order valence-corrected chi connectivity index (χ3v) is 4.77. The Morgan fingerprint density at radius 1 is 1.25 bits per heavy atom. The van der Waals surface area contributed by atoms with E-state index in [9.17, 15) is 9.59 Å². The van der Waals surface area contributed by atoms with Crippen molar-refractivity contribution in [3.05, 3.63) is 39.1 Å². The summed E-state index contributed by atoms with van der Waals surface area (Å²) in [5, 5.41) is 7.52. The van der Waals surface area contributed by atoms with Crippen molar-refractivity contribution in [3.8, 4) is 5.95 Å². The summed E-state index contributed by atoms with van der Waals surface area (Å²) in [4.78, 5) is 34.0. The molecule has 1 amide bonds. The highest BCUT2D eigenvalue weighted by molar-refractivity contribution is 5.95. The smallest absolute Gasteiger partial charge is 0.257 e. The highest BCUT2D eigenvalue weighted by Crippen LogP contribution is 2.18. The molecular weight excluding hydrogens is 308 g/mol. The molecular formula is C16H20N6O2. The fourth-order valence-electron chi connectivity index (χ4n) is 3.40. The molecule has 8 nitrogen and oxygen atoms in total. The minimum absolute atomic E-state index is 0.0243. The third kappa shape index (κ3) is 2.43. The number of amides is 1. The summed E-state index contributed by atoms with van der Waals surface area (Å²) in [6.07, 6.45) is 4.12. The van der Waals surface area contributed by atoms with Gasteiger partial charge in [0.25, 0.3) is 11.5 Å². The predicted molar refractivity (Wildman–Crippen MR) is 87.5 cm³/mol. The van der Waals surface area contributed by atoms with Crippen molar-refractivity contribution in [1.82, 2.24) is 30.0 Å². The highest BCUT2D eigenvalue weighted by Gasteiger charge is 2.24. The number of aromatic nitrogens is 4. The lowest BCUT2D eigenvalue weighted by Gasteiger charge is -2.27. The van der Waals surface area contributed by atoms with Crippen molar-refractivity contribution in [2.45, 2.75) is 26.2 Å². The molecule has 2 aliphatic rings. The van der Waals surface area contributed by atoms with Crippen LogP contribution in [0, 0.1) is 6.92 Å². The van der Waals surface area contributed by atoms with Gasteiger partial charge in [0.05, 0.1) is 23.1 Å². The zero-order chi connectivity index (χ0) is 16.7. The number of aromatic amines is 1. The first kappa shape index (κ1) is 15.1. The van der Waals surface area contributed by atoms with Crippen LogP contribution in [0.15, 0.2) is 11.0 Å². The van der Waals surface area contributed by atoms with Crippen molar-refractivity contribution in [2.24, 2.45) is 0 Å². The molecule has 0 saturated carbocycles. The Kier molecular flexibility index (Phi) is 3.68. The van der Waals surface area contributed by atoms with E-state index in [-0.39, 0.29) is 11.5 Å². The number of fused-ring (bicyclic) bond motifs is 1. The fourth-order valence-corrected chi connectivity index (χ4v) is 3.40. The van der Waals surface area contributed by atoms with E-state index in [0.29, 0.717) is 30.3 Å². The maximum atomic E-state index is 12.7. The molecule has 2 aromatic heterocycles. The number of H-pyrrole nitrogens is 1. The zero-order valence-corrected chi connectivity index (χ0v) is 13.6. The predicted octanol–water partition coefficient (Wildman–Crippen LogP) is -0.202. The van der Waals surface area contributed by atoms with Gasteiger partial charge in [-0.2, -0.15) is 5.10 Å². The molecule has 8 heteroatoms. The molecule has 1 fully saturated rings. The molecule has 0 atom stereocenters. The molecule has 1 aliphatic carbocycles. The standard InChI is InChI=1S/C16H20N6O2/c1-10-12(15(24)21-7-5-17-6-8-21)9-18-22(10)16-19-13-4-2-3-11(13)14(23)20-16/h9,17H,2-8H2,1H3,(H,19,20,23). The van der Waals surface area contributed by atoms with Gasteiger partial charge in [0.2, 0.25) is 5.95 Å². The van der Waals surface area contributed by atoms with E-state index >= 15 is 0 Å². The van der Waals surface area contributed by atoms with Gasteiger partial charge in [0.1, 0.15) is 0 Å². The minimum Gasteiger partial charge on any atom is -0.336 e. The largest absolute Gasteiger partial charge is 0.336 e. The van der Waals surface area contributed by atoms with Crippen LogP contribution in [-0.2, 0) is 12.8 Å². The first-order chi connectivity index (χ1) is 11.6. The first-order valence-corrected chi connectivity index (χ1v) is 8.32. The second-order valence-corrected chi connectivity index (χ2v) is 6.27. The van der Waals surface area contributed by atoms with E-state index in [1.54, 1.807) is 10.9 Å². The third-order valence-electron chi connectivity index (χ3n) is 4.77. The Balaban J connectivity index is 1.69. The van der Waals surface area contributed by atoms with Crippen LogP contribution in [0.5, 0.6) is 0 Å². The Bertz CT molecular complexity index is 847. The molecule has 1 aliphatic heterocycles. The molecule has 0 unspecified atom stereocenters. The average molecular weight is 328 g/mol. The lowest BCUT2D eigenvalue weighted by atomic mass is 10.2. The van der Waals surface area contributed by atoms with Gasteiger partial charge >= 0.3 is 0 Å². The molecule has 2 aromatic rings. The molecule has 0 bridgehead atoms. The number of aryl methyl sites for hydroxylation is 1. The van der Waals surface area contributed by atoms with E-state index in [0.717, 1.165) is 43.6 Å². The molecule has 4 rings (SSSR count). The molecule has 0 aromatic carbocycles. The fraction of sp³-hybridized carbons (Fsp3) is 0.500. The number of rotatable bonds is 2. The van der Waals surface area contributed by atoms with Crippen LogP contribution in [0.3, 0.4) is 0 Å². The van der Waals surface area contributed by atoms with Crippen LogP contribution in [-0.4, -0.2) is 56.7 Å². The van der Waals surface area contributed by atoms with Gasteiger partial charge < -0.3 is 10.2 Å². The number of hydrogen-bond donors (Lipinski definition) is 2. The summed E-state index contributed by atoms with van der Waals surface area (Å²) in [6, 6.07) is 0. The van der Waals surface area contributed by atoms with Crippen molar-refractivity contribution in [3.63, 3.8) is 0 Å². The van der Waals surface area contributed by atoms with Crippen LogP contribution in [0.25, 0.3) is 5.95 Å². The monoisotopic (exact) mass is 328 g/mol. The van der Waals surface area contributed by atoms with Gasteiger partial charge in [-0.05, 0) is 26.2 Å². The number of nitrogens with zero attached hydrogens (tertiary/aromatic N) is 4. The molecule has 1 saturated heterocycles. The van der Waals surface area contributed by atoms with E-state index < -0.39 is 0 Å². The van der Waals surface area contributed by atoms with Crippen molar-refractivity contribution < 1.29 is 4.79 Å². The Morgan fingerprint density at radius 3 is 2.83 bits per heavy atom. The Morgan fingerprint density at radius 2 is 2.04 bits per heavy atom. The number of hydrogen-bond acceptors (Lipinski definition) is 5. The lowest BCUT2D eigenvalue weighted by molar-refractivity contribution is 0.0735. The van der Waals surface area contributed by atoms with Crippen molar-refractivity contribution in [2.75, 3.05) is 26.2 Å². The second kappa shape index (κ2) is 5.86. The van der Waals surface area contributed by atoms with Gasteiger partial charge in [0, 0.05) is 31.7 Å². The van der Waals surface area contributed by atoms with Crippen LogP contribution in [0.4, 0.5) is 0 Å². The maximum Gasteiger partial charge on any atom is 0.257 e.